The van der Waals surface area contributed by atoms with Gasteiger partial charge >= 0.3 is 0 Å². The second kappa shape index (κ2) is 10.7. The summed E-state index contributed by atoms with van der Waals surface area (Å²) in [5, 5.41) is 13.7. The summed E-state index contributed by atoms with van der Waals surface area (Å²) in [5.41, 5.74) is 0.399. The second-order valence-corrected chi connectivity index (χ2v) is 8.73. The molecule has 1 N–H and O–H groups in total. The maximum absolute atomic E-state index is 12.4. The van der Waals surface area contributed by atoms with Crippen molar-refractivity contribution in [2.45, 2.75) is 39.0 Å². The Morgan fingerprint density at radius 2 is 2.00 bits per heavy atom. The summed E-state index contributed by atoms with van der Waals surface area (Å²) in [6, 6.07) is 4.21. The minimum absolute atomic E-state index is 0.0626. The van der Waals surface area contributed by atoms with E-state index in [0.29, 0.717) is 23.8 Å². The smallest absolute Gasteiger partial charge is 0.273 e. The van der Waals surface area contributed by atoms with Crippen molar-refractivity contribution < 1.29 is 14.5 Å². The number of benzene rings is 1. The number of carbonyl (C=O) groups is 1. The van der Waals surface area contributed by atoms with E-state index in [2.05, 4.69) is 22.0 Å². The summed E-state index contributed by atoms with van der Waals surface area (Å²) in [5.74, 6) is 1.74. The summed E-state index contributed by atoms with van der Waals surface area (Å²) in [4.78, 5) is 27.9. The molecule has 2 aliphatic heterocycles. The number of nitrogens with zero attached hydrogens (tertiary/aromatic N) is 3. The number of ether oxygens (including phenoxy) is 1. The van der Waals surface area contributed by atoms with E-state index in [9.17, 15) is 14.9 Å². The highest BCUT2D eigenvalue weighted by atomic mass is 16.6. The maximum atomic E-state index is 12.4. The zero-order valence-electron chi connectivity index (χ0n) is 18.1. The Morgan fingerprint density at radius 3 is 2.70 bits per heavy atom. The summed E-state index contributed by atoms with van der Waals surface area (Å²) in [7, 11) is 1.44. The third kappa shape index (κ3) is 6.40. The van der Waals surface area contributed by atoms with Gasteiger partial charge < -0.3 is 19.9 Å². The molecule has 1 atom stereocenters. The van der Waals surface area contributed by atoms with Gasteiger partial charge in [-0.3, -0.25) is 14.9 Å². The van der Waals surface area contributed by atoms with Crippen LogP contribution in [0.2, 0.25) is 0 Å². The molecule has 2 fully saturated rings. The van der Waals surface area contributed by atoms with Crippen molar-refractivity contribution in [1.29, 1.82) is 0 Å². The lowest BCUT2D eigenvalue weighted by Gasteiger charge is -2.37. The highest BCUT2D eigenvalue weighted by Crippen LogP contribution is 2.29. The zero-order valence-corrected chi connectivity index (χ0v) is 18.1. The third-order valence-electron chi connectivity index (χ3n) is 6.32. The Labute approximate surface area is 178 Å². The Hall–Kier alpha value is -2.19. The highest BCUT2D eigenvalue weighted by molar-refractivity contribution is 5.92. The van der Waals surface area contributed by atoms with E-state index in [1.165, 1.54) is 70.6 Å². The number of anilines is 1. The van der Waals surface area contributed by atoms with Crippen LogP contribution in [0.25, 0.3) is 0 Å². The Bertz CT molecular complexity index is 734. The number of nitro benzene ring substituents is 1. The van der Waals surface area contributed by atoms with Gasteiger partial charge in [0.15, 0.2) is 0 Å². The van der Waals surface area contributed by atoms with Crippen LogP contribution in [0.3, 0.4) is 0 Å². The number of rotatable bonds is 8. The van der Waals surface area contributed by atoms with Gasteiger partial charge in [0.05, 0.1) is 23.8 Å². The average molecular weight is 419 g/mol. The maximum Gasteiger partial charge on any atom is 0.273 e. The fourth-order valence-corrected chi connectivity index (χ4v) is 4.48. The van der Waals surface area contributed by atoms with Crippen molar-refractivity contribution in [2.75, 3.05) is 51.7 Å². The molecule has 8 nitrogen and oxygen atoms in total. The normalized spacial score (nSPS) is 21.3. The Morgan fingerprint density at radius 1 is 1.23 bits per heavy atom. The lowest BCUT2D eigenvalue weighted by molar-refractivity contribution is -0.384. The minimum atomic E-state index is -0.481. The molecule has 1 amide bonds. The SMILES string of the molecule is COc1cc([N+](=O)[O-])ccc1NC(=O)CCN1CCCC(CN2CCC(C)CC2)C1. The molecule has 1 unspecified atom stereocenters. The largest absolute Gasteiger partial charge is 0.494 e. The van der Waals surface area contributed by atoms with Gasteiger partial charge in [0.1, 0.15) is 5.75 Å². The van der Waals surface area contributed by atoms with Crippen molar-refractivity contribution >= 4 is 17.3 Å². The zero-order chi connectivity index (χ0) is 21.5. The van der Waals surface area contributed by atoms with Crippen molar-refractivity contribution in [2.24, 2.45) is 11.8 Å². The fourth-order valence-electron chi connectivity index (χ4n) is 4.48. The Kier molecular flexibility index (Phi) is 8.04. The van der Waals surface area contributed by atoms with Gasteiger partial charge in [0.25, 0.3) is 5.69 Å². The van der Waals surface area contributed by atoms with E-state index in [4.69, 9.17) is 4.74 Å². The number of amides is 1. The fraction of sp³-hybridized carbons (Fsp3) is 0.682. The predicted molar refractivity (Wildman–Crippen MR) is 117 cm³/mol. The molecule has 0 aliphatic carbocycles. The molecule has 0 saturated carbocycles. The van der Waals surface area contributed by atoms with E-state index < -0.39 is 4.92 Å². The highest BCUT2D eigenvalue weighted by Gasteiger charge is 2.24. The molecule has 166 valence electrons. The van der Waals surface area contributed by atoms with Crippen LogP contribution in [0.1, 0.15) is 39.0 Å². The number of non-ortho nitro benzene ring substituents is 1. The monoisotopic (exact) mass is 418 g/mol. The molecule has 0 bridgehead atoms. The van der Waals surface area contributed by atoms with E-state index in [-0.39, 0.29) is 11.6 Å². The van der Waals surface area contributed by atoms with Gasteiger partial charge in [0.2, 0.25) is 5.91 Å². The predicted octanol–water partition coefficient (Wildman–Crippen LogP) is 3.38. The van der Waals surface area contributed by atoms with Gasteiger partial charge in [-0.25, -0.2) is 0 Å². The first kappa shape index (κ1) is 22.5. The minimum Gasteiger partial charge on any atom is -0.494 e. The van der Waals surface area contributed by atoms with Gasteiger partial charge in [-0.1, -0.05) is 6.92 Å². The molecule has 2 heterocycles. The van der Waals surface area contributed by atoms with Crippen LogP contribution in [-0.2, 0) is 4.79 Å². The van der Waals surface area contributed by atoms with E-state index in [1.807, 2.05) is 0 Å². The van der Waals surface area contributed by atoms with Crippen LogP contribution < -0.4 is 10.1 Å². The number of hydrogen-bond donors (Lipinski definition) is 1. The van der Waals surface area contributed by atoms with Gasteiger partial charge in [0, 0.05) is 32.1 Å². The molecule has 2 saturated heterocycles. The third-order valence-corrected chi connectivity index (χ3v) is 6.32. The van der Waals surface area contributed by atoms with Crippen LogP contribution in [0, 0.1) is 22.0 Å². The van der Waals surface area contributed by atoms with Gasteiger partial charge in [-0.2, -0.15) is 0 Å². The molecular formula is C22H34N4O4. The second-order valence-electron chi connectivity index (χ2n) is 8.73. The van der Waals surface area contributed by atoms with E-state index in [0.717, 1.165) is 25.6 Å². The number of nitrogens with one attached hydrogen (secondary N) is 1. The molecule has 0 spiro atoms. The average Bonchev–Trinajstić information content (AvgIpc) is 2.74. The number of likely N-dealkylation sites (tertiary alicyclic amines) is 2. The number of hydrogen-bond acceptors (Lipinski definition) is 6. The number of piperidine rings is 2. The molecule has 8 heteroatoms. The number of nitro groups is 1. The molecule has 1 aromatic carbocycles. The standard InChI is InChI=1S/C22H34N4O4/c1-17-7-11-25(12-8-17)16-18-4-3-10-24(15-18)13-9-22(27)23-20-6-5-19(26(28)29)14-21(20)30-2/h5-6,14,17-18H,3-4,7-13,15-16H2,1-2H3,(H,23,27). The first-order valence-electron chi connectivity index (χ1n) is 11.0. The van der Waals surface area contributed by atoms with Crippen LogP contribution in [-0.4, -0.2) is 67.0 Å². The van der Waals surface area contributed by atoms with Crippen molar-refractivity contribution in [3.63, 3.8) is 0 Å². The van der Waals surface area contributed by atoms with Crippen LogP contribution >= 0.6 is 0 Å². The first-order chi connectivity index (χ1) is 14.4. The number of carbonyl (C=O) groups excluding carboxylic acids is 1. The van der Waals surface area contributed by atoms with E-state index in [1.54, 1.807) is 0 Å². The van der Waals surface area contributed by atoms with Crippen molar-refractivity contribution in [3.8, 4) is 5.75 Å². The molecule has 0 radical (unpaired) electrons. The molecule has 30 heavy (non-hydrogen) atoms. The van der Waals surface area contributed by atoms with Gasteiger partial charge in [-0.15, -0.1) is 0 Å². The van der Waals surface area contributed by atoms with Crippen LogP contribution in [0.5, 0.6) is 5.75 Å². The molecule has 0 aromatic heterocycles. The van der Waals surface area contributed by atoms with E-state index >= 15 is 0 Å². The van der Waals surface area contributed by atoms with Gasteiger partial charge in [-0.05, 0) is 63.2 Å². The quantitative estimate of drug-likeness (QED) is 0.514. The molecule has 3 rings (SSSR count). The van der Waals surface area contributed by atoms with Crippen LogP contribution in [0.15, 0.2) is 18.2 Å². The van der Waals surface area contributed by atoms with Crippen molar-refractivity contribution in [1.82, 2.24) is 9.80 Å². The summed E-state index contributed by atoms with van der Waals surface area (Å²) in [6.07, 6.45) is 5.47. The summed E-state index contributed by atoms with van der Waals surface area (Å²) in [6.45, 7) is 8.79. The summed E-state index contributed by atoms with van der Waals surface area (Å²) >= 11 is 0. The summed E-state index contributed by atoms with van der Waals surface area (Å²) < 4.78 is 5.19. The Balaban J connectivity index is 1.44. The first-order valence-corrected chi connectivity index (χ1v) is 11.0. The lowest BCUT2D eigenvalue weighted by Crippen LogP contribution is -2.43. The molecule has 2 aliphatic rings. The molecule has 1 aromatic rings. The van der Waals surface area contributed by atoms with Crippen molar-refractivity contribution in [3.05, 3.63) is 28.3 Å². The molecular weight excluding hydrogens is 384 g/mol. The number of methoxy groups -OCH3 is 1. The lowest BCUT2D eigenvalue weighted by atomic mass is 9.94. The topological polar surface area (TPSA) is 87.9 Å². The van der Waals surface area contributed by atoms with Crippen LogP contribution in [0.4, 0.5) is 11.4 Å².